The van der Waals surface area contributed by atoms with Crippen LogP contribution in [0.25, 0.3) is 11.3 Å². The number of amides is 2. The lowest BCUT2D eigenvalue weighted by Crippen LogP contribution is -2.46. The summed E-state index contributed by atoms with van der Waals surface area (Å²) in [5.41, 5.74) is -0.549. The summed E-state index contributed by atoms with van der Waals surface area (Å²) in [6, 6.07) is 7.50. The number of halogens is 3. The van der Waals surface area contributed by atoms with Gasteiger partial charge in [-0.05, 0) is 44.0 Å². The quantitative estimate of drug-likeness (QED) is 0.815. The van der Waals surface area contributed by atoms with Crippen molar-refractivity contribution in [3.8, 4) is 11.3 Å². The molecule has 0 unspecified atom stereocenters. The smallest absolute Gasteiger partial charge is 0.416 e. The van der Waals surface area contributed by atoms with Gasteiger partial charge in [-0.2, -0.15) is 13.2 Å². The summed E-state index contributed by atoms with van der Waals surface area (Å²) in [5.74, 6) is -0.249. The molecule has 1 fully saturated rings. The van der Waals surface area contributed by atoms with Gasteiger partial charge in [0.25, 0.3) is 5.91 Å². The average Bonchev–Trinajstić information content (AvgIpc) is 3.19. The minimum atomic E-state index is -4.46. The summed E-state index contributed by atoms with van der Waals surface area (Å²) >= 11 is 0. The Morgan fingerprint density at radius 2 is 1.93 bits per heavy atom. The molecule has 0 radical (unpaired) electrons. The Morgan fingerprint density at radius 3 is 2.59 bits per heavy atom. The lowest BCUT2D eigenvalue weighted by atomic mass is 10.1. The van der Waals surface area contributed by atoms with Crippen LogP contribution in [0, 0.1) is 0 Å². The van der Waals surface area contributed by atoms with Crippen LogP contribution in [0.3, 0.4) is 0 Å². The first kappa shape index (κ1) is 20.8. The van der Waals surface area contributed by atoms with Crippen molar-refractivity contribution >= 4 is 12.0 Å². The van der Waals surface area contributed by atoms with Gasteiger partial charge in [0, 0.05) is 24.7 Å². The van der Waals surface area contributed by atoms with Gasteiger partial charge in [0.05, 0.1) is 12.2 Å². The van der Waals surface area contributed by atoms with E-state index < -0.39 is 17.6 Å². The number of alkyl halides is 3. The lowest BCUT2D eigenvalue weighted by Gasteiger charge is -2.31. The molecule has 0 spiro atoms. The van der Waals surface area contributed by atoms with E-state index in [9.17, 15) is 22.8 Å². The van der Waals surface area contributed by atoms with Crippen molar-refractivity contribution < 1.29 is 31.9 Å². The summed E-state index contributed by atoms with van der Waals surface area (Å²) in [6.07, 6.45) is -3.67. The maximum Gasteiger partial charge on any atom is 0.416 e. The average molecular weight is 410 g/mol. The largest absolute Gasteiger partial charge is 0.451 e. The molecule has 29 heavy (non-hydrogen) atoms. The van der Waals surface area contributed by atoms with Crippen molar-refractivity contribution in [2.75, 3.05) is 19.7 Å². The molecule has 1 aromatic heterocycles. The van der Waals surface area contributed by atoms with Crippen LogP contribution in [0.4, 0.5) is 18.0 Å². The highest BCUT2D eigenvalue weighted by atomic mass is 19.4. The molecule has 2 amide bonds. The third kappa shape index (κ3) is 5.10. The number of piperidine rings is 1. The van der Waals surface area contributed by atoms with Gasteiger partial charge in [-0.25, -0.2) is 4.79 Å². The summed E-state index contributed by atoms with van der Waals surface area (Å²) in [5, 5.41) is 2.84. The van der Waals surface area contributed by atoms with Crippen molar-refractivity contribution in [3.05, 3.63) is 47.7 Å². The zero-order chi connectivity index (χ0) is 21.0. The van der Waals surface area contributed by atoms with Crippen LogP contribution in [0.2, 0.25) is 0 Å². The first-order chi connectivity index (χ1) is 13.8. The third-order valence-electron chi connectivity index (χ3n) is 4.66. The maximum absolute atomic E-state index is 12.9. The van der Waals surface area contributed by atoms with E-state index in [1.807, 2.05) is 0 Å². The monoisotopic (exact) mass is 410 g/mol. The number of carbonyl (C=O) groups is 2. The highest BCUT2D eigenvalue weighted by Gasteiger charge is 2.31. The van der Waals surface area contributed by atoms with Crippen molar-refractivity contribution in [1.29, 1.82) is 0 Å². The zero-order valence-corrected chi connectivity index (χ0v) is 15.8. The Morgan fingerprint density at radius 1 is 1.21 bits per heavy atom. The first-order valence-electron chi connectivity index (χ1n) is 9.28. The molecule has 6 nitrogen and oxygen atoms in total. The van der Waals surface area contributed by atoms with Gasteiger partial charge < -0.3 is 19.4 Å². The number of ether oxygens (including phenoxy) is 1. The maximum atomic E-state index is 12.9. The fourth-order valence-electron chi connectivity index (χ4n) is 3.14. The molecule has 1 aliphatic heterocycles. The molecule has 2 aromatic rings. The van der Waals surface area contributed by atoms with Crippen LogP contribution < -0.4 is 5.32 Å². The van der Waals surface area contributed by atoms with Crippen LogP contribution in [-0.2, 0) is 10.9 Å². The number of benzene rings is 1. The number of hydrogen-bond acceptors (Lipinski definition) is 4. The van der Waals surface area contributed by atoms with Gasteiger partial charge in [-0.1, -0.05) is 12.1 Å². The molecule has 9 heteroatoms. The van der Waals surface area contributed by atoms with E-state index in [-0.39, 0.29) is 29.2 Å². The van der Waals surface area contributed by atoms with Crippen LogP contribution in [0.5, 0.6) is 0 Å². The van der Waals surface area contributed by atoms with Gasteiger partial charge in [0.15, 0.2) is 5.76 Å². The predicted octanol–water partition coefficient (Wildman–Crippen LogP) is 4.32. The number of hydrogen-bond donors (Lipinski definition) is 1. The second-order valence-corrected chi connectivity index (χ2v) is 6.68. The molecule has 0 aliphatic carbocycles. The highest BCUT2D eigenvalue weighted by molar-refractivity contribution is 5.92. The second kappa shape index (κ2) is 8.59. The predicted molar refractivity (Wildman–Crippen MR) is 98.2 cm³/mol. The summed E-state index contributed by atoms with van der Waals surface area (Å²) in [4.78, 5) is 25.7. The number of nitrogens with zero attached hydrogens (tertiary/aromatic N) is 1. The van der Waals surface area contributed by atoms with Crippen molar-refractivity contribution in [2.45, 2.75) is 32.0 Å². The third-order valence-corrected chi connectivity index (χ3v) is 4.66. The summed E-state index contributed by atoms with van der Waals surface area (Å²) in [7, 11) is 0. The fourth-order valence-corrected chi connectivity index (χ4v) is 3.14. The Kier molecular flexibility index (Phi) is 6.14. The van der Waals surface area contributed by atoms with E-state index in [1.165, 1.54) is 24.3 Å². The molecule has 1 N–H and O–H groups in total. The summed E-state index contributed by atoms with van der Waals surface area (Å²) < 4.78 is 49.0. The van der Waals surface area contributed by atoms with Gasteiger partial charge in [-0.3, -0.25) is 4.79 Å². The molecular weight excluding hydrogens is 389 g/mol. The van der Waals surface area contributed by atoms with Crippen LogP contribution in [-0.4, -0.2) is 42.6 Å². The van der Waals surface area contributed by atoms with Gasteiger partial charge in [0.2, 0.25) is 0 Å². The van der Waals surface area contributed by atoms with E-state index in [0.717, 1.165) is 12.1 Å². The van der Waals surface area contributed by atoms with Gasteiger partial charge >= 0.3 is 12.3 Å². The van der Waals surface area contributed by atoms with Crippen molar-refractivity contribution in [1.82, 2.24) is 10.2 Å². The minimum absolute atomic E-state index is 0.0187. The molecular formula is C20H21F3N2O4. The van der Waals surface area contributed by atoms with E-state index in [0.29, 0.717) is 32.5 Å². The zero-order valence-electron chi connectivity index (χ0n) is 15.8. The number of rotatable bonds is 4. The Bertz CT molecular complexity index is 871. The first-order valence-corrected chi connectivity index (χ1v) is 9.28. The Hall–Kier alpha value is -2.97. The number of likely N-dealkylation sites (tertiary alicyclic amines) is 1. The molecule has 0 bridgehead atoms. The topological polar surface area (TPSA) is 71.8 Å². The van der Waals surface area contributed by atoms with E-state index in [1.54, 1.807) is 11.8 Å². The Balaban J connectivity index is 1.60. The standard InChI is InChI=1S/C20H21F3N2O4/c1-2-28-19(27)25-10-8-15(9-11-25)24-18(26)17-7-6-16(29-17)13-4-3-5-14(12-13)20(21,22)23/h3-7,12,15H,2,8-11H2,1H3,(H,24,26). The highest BCUT2D eigenvalue weighted by Crippen LogP contribution is 2.32. The SMILES string of the molecule is CCOC(=O)N1CCC(NC(=O)c2ccc(-c3cccc(C(F)(F)F)c3)o2)CC1. The molecule has 3 rings (SSSR count). The van der Waals surface area contributed by atoms with Crippen molar-refractivity contribution in [2.24, 2.45) is 0 Å². The van der Waals surface area contributed by atoms with Crippen LogP contribution in [0.1, 0.15) is 35.9 Å². The van der Waals surface area contributed by atoms with E-state index >= 15 is 0 Å². The normalized spacial score (nSPS) is 15.2. The lowest BCUT2D eigenvalue weighted by molar-refractivity contribution is -0.137. The summed E-state index contributed by atoms with van der Waals surface area (Å²) in [6.45, 7) is 2.99. The number of furan rings is 1. The van der Waals surface area contributed by atoms with Gasteiger partial charge in [0.1, 0.15) is 5.76 Å². The molecule has 0 atom stereocenters. The van der Waals surface area contributed by atoms with Crippen molar-refractivity contribution in [3.63, 3.8) is 0 Å². The van der Waals surface area contributed by atoms with E-state index in [2.05, 4.69) is 5.32 Å². The van der Waals surface area contributed by atoms with E-state index in [4.69, 9.17) is 9.15 Å². The molecule has 1 aromatic carbocycles. The molecule has 156 valence electrons. The molecule has 1 saturated heterocycles. The van der Waals surface area contributed by atoms with Crippen LogP contribution >= 0.6 is 0 Å². The fraction of sp³-hybridized carbons (Fsp3) is 0.400. The van der Waals surface area contributed by atoms with Gasteiger partial charge in [-0.15, -0.1) is 0 Å². The Labute approximate surface area is 165 Å². The number of nitrogens with one attached hydrogen (secondary N) is 1. The molecule has 1 aliphatic rings. The molecule has 0 saturated carbocycles. The minimum Gasteiger partial charge on any atom is -0.451 e. The second-order valence-electron chi connectivity index (χ2n) is 6.68. The molecule has 2 heterocycles. The number of carbonyl (C=O) groups excluding carboxylic acids is 2. The van der Waals surface area contributed by atoms with Crippen LogP contribution in [0.15, 0.2) is 40.8 Å².